The van der Waals surface area contributed by atoms with E-state index in [2.05, 4.69) is 17.1 Å². The molecule has 4 heteroatoms. The van der Waals surface area contributed by atoms with Crippen LogP contribution in [-0.4, -0.2) is 25.5 Å². The third-order valence-corrected chi connectivity index (χ3v) is 3.63. The Morgan fingerprint density at radius 2 is 2.22 bits per heavy atom. The number of anilines is 2. The van der Waals surface area contributed by atoms with Gasteiger partial charge in [-0.05, 0) is 44.4 Å². The van der Waals surface area contributed by atoms with Crippen LogP contribution in [0.3, 0.4) is 0 Å². The van der Waals surface area contributed by atoms with Crippen LogP contribution in [0, 0.1) is 0 Å². The Morgan fingerprint density at radius 1 is 1.44 bits per heavy atom. The summed E-state index contributed by atoms with van der Waals surface area (Å²) >= 11 is 0. The van der Waals surface area contributed by atoms with Crippen molar-refractivity contribution in [1.82, 2.24) is 5.32 Å². The van der Waals surface area contributed by atoms with E-state index in [1.165, 1.54) is 19.3 Å². The molecule has 98 valence electrons. The molecule has 18 heavy (non-hydrogen) atoms. The summed E-state index contributed by atoms with van der Waals surface area (Å²) < 4.78 is 0. The lowest BCUT2D eigenvalue weighted by Gasteiger charge is -2.36. The van der Waals surface area contributed by atoms with Crippen LogP contribution in [0.1, 0.15) is 36.5 Å². The molecule has 1 saturated heterocycles. The quantitative estimate of drug-likeness (QED) is 0.786. The number of hydrogen-bond donors (Lipinski definition) is 2. The van der Waals surface area contributed by atoms with Gasteiger partial charge in [-0.2, -0.15) is 0 Å². The molecule has 3 N–H and O–H groups in total. The minimum absolute atomic E-state index is 0.0686. The average Bonchev–Trinajstić information content (AvgIpc) is 2.39. The van der Waals surface area contributed by atoms with Crippen molar-refractivity contribution in [2.24, 2.45) is 0 Å². The van der Waals surface area contributed by atoms with Crippen LogP contribution in [0.25, 0.3) is 0 Å². The highest BCUT2D eigenvalue weighted by Gasteiger charge is 2.21. The van der Waals surface area contributed by atoms with Crippen molar-refractivity contribution in [3.63, 3.8) is 0 Å². The Hall–Kier alpha value is -1.71. The molecule has 1 aliphatic heterocycles. The predicted octanol–water partition coefficient (Wildman–Crippen LogP) is 2.01. The van der Waals surface area contributed by atoms with Crippen molar-refractivity contribution < 1.29 is 4.79 Å². The van der Waals surface area contributed by atoms with E-state index in [0.717, 1.165) is 17.9 Å². The van der Waals surface area contributed by atoms with Crippen LogP contribution in [0.4, 0.5) is 11.4 Å². The SMILES string of the molecule is CNC(=O)c1ccc(N)c(N2CCCCC2C)c1. The zero-order chi connectivity index (χ0) is 13.1. The smallest absolute Gasteiger partial charge is 0.251 e. The Labute approximate surface area is 108 Å². The van der Waals surface area contributed by atoms with Crippen LogP contribution >= 0.6 is 0 Å². The van der Waals surface area contributed by atoms with Crippen LogP contribution in [-0.2, 0) is 0 Å². The van der Waals surface area contributed by atoms with E-state index < -0.39 is 0 Å². The van der Waals surface area contributed by atoms with E-state index in [1.807, 2.05) is 12.1 Å². The molecule has 1 atom stereocenters. The number of amides is 1. The van der Waals surface area contributed by atoms with Gasteiger partial charge in [0.1, 0.15) is 0 Å². The maximum absolute atomic E-state index is 11.7. The van der Waals surface area contributed by atoms with Gasteiger partial charge < -0.3 is 16.0 Å². The third kappa shape index (κ3) is 2.42. The van der Waals surface area contributed by atoms with Gasteiger partial charge in [0, 0.05) is 25.2 Å². The average molecular weight is 247 g/mol. The van der Waals surface area contributed by atoms with Gasteiger partial charge in [0.2, 0.25) is 0 Å². The molecule has 1 aromatic rings. The van der Waals surface area contributed by atoms with Crippen molar-refractivity contribution >= 4 is 17.3 Å². The van der Waals surface area contributed by atoms with Crippen molar-refractivity contribution in [2.75, 3.05) is 24.2 Å². The summed E-state index contributed by atoms with van der Waals surface area (Å²) in [5.74, 6) is -0.0686. The van der Waals surface area contributed by atoms with E-state index in [9.17, 15) is 4.79 Å². The molecular weight excluding hydrogens is 226 g/mol. The second-order valence-electron chi connectivity index (χ2n) is 4.89. The molecule has 1 amide bonds. The topological polar surface area (TPSA) is 58.4 Å². The Morgan fingerprint density at radius 3 is 2.89 bits per heavy atom. The number of nitrogens with one attached hydrogen (secondary N) is 1. The first kappa shape index (κ1) is 12.7. The van der Waals surface area contributed by atoms with Crippen LogP contribution < -0.4 is 16.0 Å². The number of carbonyl (C=O) groups is 1. The highest BCUT2D eigenvalue weighted by molar-refractivity contribution is 5.96. The molecule has 1 aromatic carbocycles. The fourth-order valence-electron chi connectivity index (χ4n) is 2.53. The van der Waals surface area contributed by atoms with Crippen LogP contribution in [0.2, 0.25) is 0 Å². The molecule has 0 spiro atoms. The summed E-state index contributed by atoms with van der Waals surface area (Å²) in [7, 11) is 1.64. The van der Waals surface area contributed by atoms with Crippen molar-refractivity contribution in [1.29, 1.82) is 0 Å². The third-order valence-electron chi connectivity index (χ3n) is 3.63. The van der Waals surface area contributed by atoms with E-state index in [4.69, 9.17) is 5.73 Å². The lowest BCUT2D eigenvalue weighted by molar-refractivity contribution is 0.0963. The molecular formula is C14H21N3O. The largest absolute Gasteiger partial charge is 0.397 e. The zero-order valence-electron chi connectivity index (χ0n) is 11.1. The molecule has 0 aromatic heterocycles. The molecule has 0 bridgehead atoms. The molecule has 2 rings (SSSR count). The van der Waals surface area contributed by atoms with Crippen molar-refractivity contribution in [3.8, 4) is 0 Å². The maximum Gasteiger partial charge on any atom is 0.251 e. The summed E-state index contributed by atoms with van der Waals surface area (Å²) in [5, 5.41) is 2.64. The standard InChI is InChI=1S/C14H21N3O/c1-10-5-3-4-8-17(10)13-9-11(14(18)16-2)6-7-12(13)15/h6-7,9-10H,3-5,8,15H2,1-2H3,(H,16,18). The first-order valence-electron chi connectivity index (χ1n) is 6.51. The number of nitrogens with two attached hydrogens (primary N) is 1. The lowest BCUT2D eigenvalue weighted by Crippen LogP contribution is -2.38. The summed E-state index contributed by atoms with van der Waals surface area (Å²) in [6.07, 6.45) is 3.64. The highest BCUT2D eigenvalue weighted by Crippen LogP contribution is 2.30. The normalized spacial score (nSPS) is 19.7. The molecule has 1 unspecified atom stereocenters. The van der Waals surface area contributed by atoms with Gasteiger partial charge in [-0.15, -0.1) is 0 Å². The van der Waals surface area contributed by atoms with E-state index >= 15 is 0 Å². The van der Waals surface area contributed by atoms with E-state index in [-0.39, 0.29) is 5.91 Å². The number of benzene rings is 1. The van der Waals surface area contributed by atoms with Gasteiger partial charge in [0.25, 0.3) is 5.91 Å². The molecule has 1 aliphatic rings. The van der Waals surface area contributed by atoms with Gasteiger partial charge in [-0.1, -0.05) is 0 Å². The summed E-state index contributed by atoms with van der Waals surface area (Å²) in [4.78, 5) is 14.0. The highest BCUT2D eigenvalue weighted by atomic mass is 16.1. The summed E-state index contributed by atoms with van der Waals surface area (Å²) in [6, 6.07) is 5.98. The van der Waals surface area contributed by atoms with Gasteiger partial charge in [0.05, 0.1) is 11.4 Å². The molecule has 0 radical (unpaired) electrons. The number of carbonyl (C=O) groups excluding carboxylic acids is 1. The van der Waals surface area contributed by atoms with Crippen LogP contribution in [0.5, 0.6) is 0 Å². The number of piperidine rings is 1. The number of nitrogens with zero attached hydrogens (tertiary/aromatic N) is 1. The van der Waals surface area contributed by atoms with Crippen LogP contribution in [0.15, 0.2) is 18.2 Å². The lowest BCUT2D eigenvalue weighted by atomic mass is 10.0. The first-order chi connectivity index (χ1) is 8.63. The maximum atomic E-state index is 11.7. The van der Waals surface area contributed by atoms with Gasteiger partial charge in [-0.3, -0.25) is 4.79 Å². The number of nitrogen functional groups attached to an aromatic ring is 1. The molecule has 4 nitrogen and oxygen atoms in total. The van der Waals surface area contributed by atoms with Crippen molar-refractivity contribution in [3.05, 3.63) is 23.8 Å². The second kappa shape index (κ2) is 5.29. The monoisotopic (exact) mass is 247 g/mol. The summed E-state index contributed by atoms with van der Waals surface area (Å²) in [5.41, 5.74) is 8.45. The number of rotatable bonds is 2. The minimum Gasteiger partial charge on any atom is -0.397 e. The van der Waals surface area contributed by atoms with E-state index in [0.29, 0.717) is 11.6 Å². The molecule has 0 aliphatic carbocycles. The summed E-state index contributed by atoms with van der Waals surface area (Å²) in [6.45, 7) is 3.23. The first-order valence-corrected chi connectivity index (χ1v) is 6.51. The number of hydrogen-bond acceptors (Lipinski definition) is 3. The fourth-order valence-corrected chi connectivity index (χ4v) is 2.53. The van der Waals surface area contributed by atoms with Gasteiger partial charge in [0.15, 0.2) is 0 Å². The van der Waals surface area contributed by atoms with E-state index in [1.54, 1.807) is 13.1 Å². The predicted molar refractivity (Wildman–Crippen MR) is 74.9 cm³/mol. The Kier molecular flexibility index (Phi) is 3.75. The molecule has 1 heterocycles. The second-order valence-corrected chi connectivity index (χ2v) is 4.89. The Bertz CT molecular complexity index is 445. The zero-order valence-corrected chi connectivity index (χ0v) is 11.1. The minimum atomic E-state index is -0.0686. The molecule has 0 saturated carbocycles. The fraction of sp³-hybridized carbons (Fsp3) is 0.500. The molecule has 1 fully saturated rings. The van der Waals surface area contributed by atoms with Gasteiger partial charge in [-0.25, -0.2) is 0 Å². The van der Waals surface area contributed by atoms with Gasteiger partial charge >= 0.3 is 0 Å². The Balaban J connectivity index is 2.33. The van der Waals surface area contributed by atoms with Crippen molar-refractivity contribution in [2.45, 2.75) is 32.2 Å².